The van der Waals surface area contributed by atoms with E-state index < -0.39 is 5.54 Å². The van der Waals surface area contributed by atoms with Crippen molar-refractivity contribution in [1.29, 1.82) is 0 Å². The zero-order valence-electron chi connectivity index (χ0n) is 12.0. The summed E-state index contributed by atoms with van der Waals surface area (Å²) in [7, 11) is 1.56. The molecular weight excluding hydrogens is 290 g/mol. The molecule has 1 amide bonds. The molecule has 0 aliphatic heterocycles. The fourth-order valence-corrected chi connectivity index (χ4v) is 2.76. The van der Waals surface area contributed by atoms with E-state index in [0.29, 0.717) is 18.7 Å². The van der Waals surface area contributed by atoms with Crippen molar-refractivity contribution in [3.05, 3.63) is 29.3 Å². The second kappa shape index (κ2) is 6.84. The van der Waals surface area contributed by atoms with Crippen LogP contribution in [0, 0.1) is 0 Å². The minimum Gasteiger partial charge on any atom is -0.396 e. The molecule has 7 heteroatoms. The second-order valence-corrected chi connectivity index (χ2v) is 6.01. The molecule has 1 atom stereocenters. The third-order valence-corrected chi connectivity index (χ3v) is 4.04. The summed E-state index contributed by atoms with van der Waals surface area (Å²) in [5, 5.41) is 20.8. The molecule has 21 heavy (non-hydrogen) atoms. The lowest BCUT2D eigenvalue weighted by Crippen LogP contribution is -2.50. The Kier molecular flexibility index (Phi) is 5.11. The summed E-state index contributed by atoms with van der Waals surface area (Å²) >= 11 is 1.57. The summed E-state index contributed by atoms with van der Waals surface area (Å²) in [5.74, 6) is -0.290. The van der Waals surface area contributed by atoms with Gasteiger partial charge in [0.15, 0.2) is 5.69 Å². The molecule has 3 N–H and O–H groups in total. The Labute approximate surface area is 127 Å². The number of aromatic nitrogens is 2. The lowest BCUT2D eigenvalue weighted by molar-refractivity contribution is 0.0721. The first-order valence-corrected chi connectivity index (χ1v) is 7.47. The highest BCUT2D eigenvalue weighted by Crippen LogP contribution is 2.23. The topological polar surface area (TPSA) is 87.2 Å². The van der Waals surface area contributed by atoms with E-state index in [-0.39, 0.29) is 12.5 Å². The molecule has 114 valence electrons. The molecule has 0 saturated heterocycles. The first kappa shape index (κ1) is 15.7. The molecule has 0 fully saturated rings. The minimum absolute atomic E-state index is 0.0266. The summed E-state index contributed by atoms with van der Waals surface area (Å²) in [6.07, 6.45) is 0.411. The maximum atomic E-state index is 12.3. The molecule has 1 unspecified atom stereocenters. The number of hydrogen-bond acceptors (Lipinski definition) is 5. The van der Waals surface area contributed by atoms with Crippen LogP contribution in [0.4, 0.5) is 0 Å². The first-order chi connectivity index (χ1) is 10.1. The van der Waals surface area contributed by atoms with E-state index in [9.17, 15) is 4.79 Å². The number of nitrogens with one attached hydrogen (secondary N) is 2. The van der Waals surface area contributed by atoms with Crippen molar-refractivity contribution in [2.24, 2.45) is 0 Å². The highest BCUT2D eigenvalue weighted by Gasteiger charge is 2.27. The van der Waals surface area contributed by atoms with E-state index in [1.807, 2.05) is 24.4 Å². The molecular formula is C14H19N3O3S. The van der Waals surface area contributed by atoms with Crippen molar-refractivity contribution < 1.29 is 14.6 Å². The largest absolute Gasteiger partial charge is 0.396 e. The van der Waals surface area contributed by atoms with Crippen LogP contribution in [0.5, 0.6) is 0 Å². The first-order valence-electron chi connectivity index (χ1n) is 6.59. The smallest absolute Gasteiger partial charge is 0.272 e. The van der Waals surface area contributed by atoms with Crippen molar-refractivity contribution >= 4 is 17.2 Å². The van der Waals surface area contributed by atoms with E-state index >= 15 is 0 Å². The summed E-state index contributed by atoms with van der Waals surface area (Å²) in [6, 6.07) is 5.62. The van der Waals surface area contributed by atoms with Gasteiger partial charge in [-0.3, -0.25) is 9.89 Å². The Balaban J connectivity index is 2.09. The lowest BCUT2D eigenvalue weighted by atomic mass is 9.99. The Morgan fingerprint density at radius 1 is 1.62 bits per heavy atom. The van der Waals surface area contributed by atoms with Gasteiger partial charge in [0.05, 0.1) is 22.7 Å². The predicted molar refractivity (Wildman–Crippen MR) is 81.4 cm³/mol. The molecule has 2 rings (SSSR count). The molecule has 0 aromatic carbocycles. The molecule has 2 aromatic heterocycles. The molecule has 0 radical (unpaired) electrons. The highest BCUT2D eigenvalue weighted by molar-refractivity contribution is 7.13. The van der Waals surface area contributed by atoms with Gasteiger partial charge in [-0.2, -0.15) is 5.10 Å². The van der Waals surface area contributed by atoms with Crippen molar-refractivity contribution in [2.45, 2.75) is 18.9 Å². The number of aliphatic hydroxyl groups excluding tert-OH is 1. The van der Waals surface area contributed by atoms with Crippen LogP contribution in [0.25, 0.3) is 10.6 Å². The Morgan fingerprint density at radius 2 is 2.43 bits per heavy atom. The van der Waals surface area contributed by atoms with Gasteiger partial charge < -0.3 is 15.2 Å². The third-order valence-electron chi connectivity index (χ3n) is 3.14. The summed E-state index contributed by atoms with van der Waals surface area (Å²) < 4.78 is 5.11. The molecule has 0 aliphatic rings. The van der Waals surface area contributed by atoms with E-state index in [1.165, 1.54) is 0 Å². The van der Waals surface area contributed by atoms with Gasteiger partial charge in [0.2, 0.25) is 0 Å². The fraction of sp³-hybridized carbons (Fsp3) is 0.429. The summed E-state index contributed by atoms with van der Waals surface area (Å²) in [5.41, 5.74) is 0.507. The molecule has 0 spiro atoms. The van der Waals surface area contributed by atoms with E-state index in [2.05, 4.69) is 15.5 Å². The molecule has 0 bridgehead atoms. The predicted octanol–water partition coefficient (Wildman–Crippen LogP) is 1.66. The number of carbonyl (C=O) groups excluding carboxylic acids is 1. The van der Waals surface area contributed by atoms with Crippen LogP contribution in [-0.4, -0.2) is 47.1 Å². The van der Waals surface area contributed by atoms with E-state index in [1.54, 1.807) is 24.5 Å². The summed E-state index contributed by atoms with van der Waals surface area (Å²) in [6.45, 7) is 2.13. The molecule has 2 heterocycles. The van der Waals surface area contributed by atoms with Crippen LogP contribution in [0.15, 0.2) is 23.6 Å². The zero-order valence-corrected chi connectivity index (χ0v) is 12.9. The standard InChI is InChI=1S/C14H19N3O3S/c1-14(5-6-18,9-20-2)15-13(19)11-8-10(16-17-11)12-4-3-7-21-12/h3-4,7-8,18H,5-6,9H2,1-2H3,(H,15,19)(H,16,17). The van der Waals surface area contributed by atoms with Gasteiger partial charge in [-0.1, -0.05) is 6.07 Å². The summed E-state index contributed by atoms with van der Waals surface area (Å²) in [4.78, 5) is 13.3. The van der Waals surface area contributed by atoms with Gasteiger partial charge in [0.1, 0.15) is 0 Å². The van der Waals surface area contributed by atoms with Crippen molar-refractivity contribution in [2.75, 3.05) is 20.3 Å². The molecule has 0 aliphatic carbocycles. The monoisotopic (exact) mass is 309 g/mol. The van der Waals surface area contributed by atoms with Crippen LogP contribution in [0.3, 0.4) is 0 Å². The van der Waals surface area contributed by atoms with Gasteiger partial charge in [0, 0.05) is 13.7 Å². The van der Waals surface area contributed by atoms with Crippen LogP contribution < -0.4 is 5.32 Å². The van der Waals surface area contributed by atoms with Crippen molar-refractivity contribution in [3.63, 3.8) is 0 Å². The van der Waals surface area contributed by atoms with E-state index in [0.717, 1.165) is 10.6 Å². The lowest BCUT2D eigenvalue weighted by Gasteiger charge is -2.29. The number of ether oxygens (including phenoxy) is 1. The number of carbonyl (C=O) groups is 1. The Hall–Kier alpha value is -1.70. The van der Waals surface area contributed by atoms with Crippen molar-refractivity contribution in [3.8, 4) is 10.6 Å². The van der Waals surface area contributed by atoms with Gasteiger partial charge in [-0.05, 0) is 30.9 Å². The highest BCUT2D eigenvalue weighted by atomic mass is 32.1. The number of hydrogen-bond donors (Lipinski definition) is 3. The maximum absolute atomic E-state index is 12.3. The number of amides is 1. The molecule has 6 nitrogen and oxygen atoms in total. The van der Waals surface area contributed by atoms with Gasteiger partial charge in [-0.25, -0.2) is 0 Å². The molecule has 2 aromatic rings. The number of thiophene rings is 1. The van der Waals surface area contributed by atoms with Gasteiger partial charge >= 0.3 is 0 Å². The average molecular weight is 309 g/mol. The normalized spacial score (nSPS) is 13.9. The minimum atomic E-state index is -0.622. The number of rotatable bonds is 7. The van der Waals surface area contributed by atoms with Crippen molar-refractivity contribution in [1.82, 2.24) is 15.5 Å². The quantitative estimate of drug-likeness (QED) is 0.726. The number of nitrogens with zero attached hydrogens (tertiary/aromatic N) is 1. The van der Waals surface area contributed by atoms with Crippen LogP contribution in [-0.2, 0) is 4.74 Å². The van der Waals surface area contributed by atoms with Gasteiger partial charge in [-0.15, -0.1) is 11.3 Å². The third kappa shape index (κ3) is 3.90. The average Bonchev–Trinajstić information content (AvgIpc) is 3.10. The van der Waals surface area contributed by atoms with Crippen LogP contribution >= 0.6 is 11.3 Å². The Bertz CT molecular complexity index is 574. The number of H-pyrrole nitrogens is 1. The molecule has 0 saturated carbocycles. The Morgan fingerprint density at radius 3 is 3.05 bits per heavy atom. The van der Waals surface area contributed by atoms with Gasteiger partial charge in [0.25, 0.3) is 5.91 Å². The van der Waals surface area contributed by atoms with Crippen LogP contribution in [0.1, 0.15) is 23.8 Å². The fourth-order valence-electron chi connectivity index (χ4n) is 2.07. The van der Waals surface area contributed by atoms with Crippen LogP contribution in [0.2, 0.25) is 0 Å². The number of methoxy groups -OCH3 is 1. The number of aromatic amines is 1. The SMILES string of the molecule is COCC(C)(CCO)NC(=O)c1cc(-c2cccs2)[nH]n1. The maximum Gasteiger partial charge on any atom is 0.272 e. The van der Waals surface area contributed by atoms with E-state index in [4.69, 9.17) is 9.84 Å². The number of aliphatic hydroxyl groups is 1. The zero-order chi connectivity index (χ0) is 15.3. The second-order valence-electron chi connectivity index (χ2n) is 5.07.